The summed E-state index contributed by atoms with van der Waals surface area (Å²) in [6, 6.07) is 11.8. The second kappa shape index (κ2) is 11.5. The molecule has 3 aromatic rings. The summed E-state index contributed by atoms with van der Waals surface area (Å²) < 4.78 is 70.4. The summed E-state index contributed by atoms with van der Waals surface area (Å²) >= 11 is 6.96. The number of likely N-dealkylation sites (tertiary alicyclic amines) is 1. The maximum absolute atomic E-state index is 13.1. The molecule has 204 valence electrons. The fraction of sp³-hybridized carbons (Fsp3) is 0.333. The summed E-state index contributed by atoms with van der Waals surface area (Å²) in [5.74, 6) is -2.48. The van der Waals surface area contributed by atoms with E-state index in [1.165, 1.54) is 22.6 Å². The average Bonchev–Trinajstić information content (AvgIpc) is 3.40. The first-order valence-electron chi connectivity index (χ1n) is 11.4. The molecule has 0 bridgehead atoms. The molecule has 0 spiro atoms. The number of aryl methyl sites for hydroxylation is 1. The molecule has 4 rings (SSSR count). The zero-order valence-electron chi connectivity index (χ0n) is 20.0. The highest BCUT2D eigenvalue weighted by molar-refractivity contribution is 7.92. The highest BCUT2D eigenvalue weighted by Gasteiger charge is 2.45. The number of halogens is 4. The molecule has 1 fully saturated rings. The number of hydrogen-bond acceptors (Lipinski definition) is 8. The Kier molecular flexibility index (Phi) is 8.50. The minimum Gasteiger partial charge on any atom is -0.489 e. The molecule has 14 heteroatoms. The van der Waals surface area contributed by atoms with Gasteiger partial charge in [0.05, 0.1) is 9.92 Å². The summed E-state index contributed by atoms with van der Waals surface area (Å²) in [6.45, 7) is 4.47. The Morgan fingerprint density at radius 3 is 2.45 bits per heavy atom. The number of hydrogen-bond donors (Lipinski definition) is 0. The number of benzene rings is 2. The van der Waals surface area contributed by atoms with Crippen molar-refractivity contribution in [2.45, 2.75) is 43.5 Å². The lowest BCUT2D eigenvalue weighted by Gasteiger charge is -2.32. The smallest absolute Gasteiger partial charge is 0.489 e. The van der Waals surface area contributed by atoms with Gasteiger partial charge < -0.3 is 9.57 Å². The molecule has 0 N–H and O–H groups in total. The summed E-state index contributed by atoms with van der Waals surface area (Å²) in [5, 5.41) is 0.765. The number of aromatic nitrogens is 1. The highest BCUT2D eigenvalue weighted by atomic mass is 35.5. The topological polar surface area (TPSA) is 89.0 Å². The van der Waals surface area contributed by atoms with Crippen LogP contribution in [0.25, 0.3) is 0 Å². The van der Waals surface area contributed by atoms with Crippen LogP contribution in [-0.2, 0) is 26.2 Å². The third-order valence-electron chi connectivity index (χ3n) is 5.75. The van der Waals surface area contributed by atoms with Crippen molar-refractivity contribution < 1.29 is 36.0 Å². The second-order valence-corrected chi connectivity index (χ2v) is 11.6. The highest BCUT2D eigenvalue weighted by Crippen LogP contribution is 2.34. The van der Waals surface area contributed by atoms with E-state index in [2.05, 4.69) is 39.0 Å². The maximum atomic E-state index is 13.1. The van der Waals surface area contributed by atoms with E-state index < -0.39 is 32.2 Å². The van der Waals surface area contributed by atoms with Crippen molar-refractivity contribution in [3.05, 3.63) is 70.2 Å². The molecule has 0 aliphatic carbocycles. The van der Waals surface area contributed by atoms with Gasteiger partial charge in [-0.3, -0.25) is 4.90 Å². The Morgan fingerprint density at radius 2 is 1.87 bits per heavy atom. The minimum atomic E-state index is -5.42. The third-order valence-corrected chi connectivity index (χ3v) is 8.43. The Hall–Kier alpha value is -2.87. The molecule has 0 unspecified atom stereocenters. The number of carbonyl (C=O) groups is 1. The predicted octanol–water partition coefficient (Wildman–Crippen LogP) is 5.36. The minimum absolute atomic E-state index is 0.0607. The SMILES string of the molecule is Cc1ccc(CN2CCC(Oc3ccc(S(=O)(=O)N(OC(=O)C(F)(F)F)c4nccs4)cc3Cl)CC2)cc1. The average molecular weight is 590 g/mol. The van der Waals surface area contributed by atoms with Crippen LogP contribution in [-0.4, -0.2) is 49.6 Å². The number of anilines is 1. The lowest BCUT2D eigenvalue weighted by atomic mass is 10.1. The number of piperidine rings is 1. The molecule has 1 aromatic heterocycles. The van der Waals surface area contributed by atoms with Crippen LogP contribution in [0.1, 0.15) is 24.0 Å². The number of thiazole rings is 1. The van der Waals surface area contributed by atoms with Gasteiger partial charge in [-0.2, -0.15) is 21.6 Å². The molecule has 0 saturated carbocycles. The molecular formula is C24H23ClF3N3O5S2. The maximum Gasteiger partial charge on any atom is 0.493 e. The van der Waals surface area contributed by atoms with Gasteiger partial charge in [-0.25, -0.2) is 9.78 Å². The molecule has 8 nitrogen and oxygen atoms in total. The summed E-state index contributed by atoms with van der Waals surface area (Å²) in [5.41, 5.74) is 2.43. The Morgan fingerprint density at radius 1 is 1.18 bits per heavy atom. The van der Waals surface area contributed by atoms with E-state index in [9.17, 15) is 26.4 Å². The summed E-state index contributed by atoms with van der Waals surface area (Å²) in [4.78, 5) is 21.0. The molecular weight excluding hydrogens is 567 g/mol. The van der Waals surface area contributed by atoms with Crippen molar-refractivity contribution in [2.75, 3.05) is 17.6 Å². The number of ether oxygens (including phenoxy) is 1. The third kappa shape index (κ3) is 6.76. The molecule has 2 heterocycles. The zero-order chi connectivity index (χ0) is 27.5. The first-order valence-corrected chi connectivity index (χ1v) is 14.1. The molecule has 0 amide bonds. The lowest BCUT2D eigenvalue weighted by molar-refractivity contribution is -0.199. The Bertz CT molecular complexity index is 1360. The van der Waals surface area contributed by atoms with Crippen molar-refractivity contribution in [3.8, 4) is 5.75 Å². The standard InChI is InChI=1S/C24H23ClF3N3O5S2/c1-16-2-4-17(5-3-16)15-30-11-8-18(9-12-30)35-21-7-6-19(14-20(21)25)38(33,34)31(23-29-10-13-37-23)36-22(32)24(26,27)28/h2-7,10,13-14,18H,8-9,11-12,15H2,1H3. The molecule has 1 aliphatic heterocycles. The van der Waals surface area contributed by atoms with Crippen molar-refractivity contribution in [1.29, 1.82) is 0 Å². The van der Waals surface area contributed by atoms with Crippen LogP contribution in [0.15, 0.2) is 58.9 Å². The van der Waals surface area contributed by atoms with Gasteiger partial charge in [-0.1, -0.05) is 45.9 Å². The fourth-order valence-electron chi connectivity index (χ4n) is 3.77. The quantitative estimate of drug-likeness (QED) is 0.327. The van der Waals surface area contributed by atoms with Gasteiger partial charge in [0.15, 0.2) is 0 Å². The number of sulfonamides is 1. The first-order chi connectivity index (χ1) is 17.9. The van der Waals surface area contributed by atoms with Crippen LogP contribution < -0.4 is 9.21 Å². The van der Waals surface area contributed by atoms with Crippen molar-refractivity contribution in [1.82, 2.24) is 9.88 Å². The molecule has 0 atom stereocenters. The van der Waals surface area contributed by atoms with Gasteiger partial charge >= 0.3 is 12.1 Å². The van der Waals surface area contributed by atoms with Gasteiger partial charge in [-0.15, -0.1) is 11.3 Å². The van der Waals surface area contributed by atoms with Crippen LogP contribution in [0.5, 0.6) is 5.75 Å². The first kappa shape index (κ1) is 28.1. The van der Waals surface area contributed by atoms with Gasteiger partial charge in [0, 0.05) is 31.2 Å². The molecule has 1 aliphatic rings. The van der Waals surface area contributed by atoms with E-state index in [-0.39, 0.29) is 21.3 Å². The van der Waals surface area contributed by atoms with Crippen molar-refractivity contribution in [3.63, 3.8) is 0 Å². The number of rotatable bonds is 8. The normalized spacial score (nSPS) is 15.3. The number of alkyl halides is 3. The van der Waals surface area contributed by atoms with Crippen LogP contribution in [0.4, 0.5) is 18.3 Å². The fourth-order valence-corrected chi connectivity index (χ4v) is 6.09. The van der Waals surface area contributed by atoms with Crippen molar-refractivity contribution in [2.24, 2.45) is 0 Å². The molecule has 0 radical (unpaired) electrons. The van der Waals surface area contributed by atoms with Gasteiger partial charge in [0.2, 0.25) is 5.13 Å². The van der Waals surface area contributed by atoms with Crippen LogP contribution >= 0.6 is 22.9 Å². The van der Waals surface area contributed by atoms with Crippen LogP contribution in [0.3, 0.4) is 0 Å². The number of carbonyl (C=O) groups excluding carboxylic acids is 1. The monoisotopic (exact) mass is 589 g/mol. The Balaban J connectivity index is 1.43. The zero-order valence-corrected chi connectivity index (χ0v) is 22.4. The predicted molar refractivity (Wildman–Crippen MR) is 135 cm³/mol. The van der Waals surface area contributed by atoms with Crippen molar-refractivity contribution >= 4 is 44.1 Å². The van der Waals surface area contributed by atoms with Gasteiger partial charge in [0.1, 0.15) is 11.9 Å². The Labute approximate surface area is 226 Å². The molecule has 38 heavy (non-hydrogen) atoms. The second-order valence-electron chi connectivity index (χ2n) is 8.59. The summed E-state index contributed by atoms with van der Waals surface area (Å²) in [6.07, 6.45) is -2.96. The van der Waals surface area contributed by atoms with E-state index in [1.807, 2.05) is 6.92 Å². The lowest BCUT2D eigenvalue weighted by Crippen LogP contribution is -2.38. The summed E-state index contributed by atoms with van der Waals surface area (Å²) in [7, 11) is -4.80. The van der Waals surface area contributed by atoms with E-state index in [1.54, 1.807) is 0 Å². The van der Waals surface area contributed by atoms with Crippen LogP contribution in [0.2, 0.25) is 5.02 Å². The van der Waals surface area contributed by atoms with Gasteiger partial charge in [-0.05, 0) is 43.5 Å². The molecule has 2 aromatic carbocycles. The van der Waals surface area contributed by atoms with Crippen LogP contribution in [0, 0.1) is 6.92 Å². The molecule has 1 saturated heterocycles. The van der Waals surface area contributed by atoms with E-state index in [0.29, 0.717) is 11.3 Å². The van der Waals surface area contributed by atoms with E-state index in [0.717, 1.165) is 50.8 Å². The largest absolute Gasteiger partial charge is 0.493 e. The van der Waals surface area contributed by atoms with E-state index >= 15 is 0 Å². The van der Waals surface area contributed by atoms with E-state index in [4.69, 9.17) is 16.3 Å². The number of nitrogens with zero attached hydrogens (tertiary/aromatic N) is 3. The van der Waals surface area contributed by atoms with Gasteiger partial charge in [0.25, 0.3) is 10.0 Å².